The lowest BCUT2D eigenvalue weighted by Gasteiger charge is -2.24. The van der Waals surface area contributed by atoms with E-state index < -0.39 is 0 Å². The molecule has 1 heterocycles. The van der Waals surface area contributed by atoms with E-state index in [1.807, 2.05) is 37.3 Å². The van der Waals surface area contributed by atoms with Gasteiger partial charge in [-0.1, -0.05) is 29.8 Å². The number of halogens is 1. The van der Waals surface area contributed by atoms with Crippen LogP contribution >= 0.6 is 11.6 Å². The van der Waals surface area contributed by atoms with Gasteiger partial charge in [0.25, 0.3) is 0 Å². The second kappa shape index (κ2) is 4.78. The van der Waals surface area contributed by atoms with Gasteiger partial charge in [-0.05, 0) is 42.5 Å². The predicted molar refractivity (Wildman–Crippen MR) is 75.8 cm³/mol. The minimum atomic E-state index is 0.142. The Kier molecular flexibility index (Phi) is 3.11. The van der Waals surface area contributed by atoms with Crippen molar-refractivity contribution < 1.29 is 4.79 Å². The number of aryl methyl sites for hydroxylation is 1. The van der Waals surface area contributed by atoms with Crippen LogP contribution in [0.2, 0.25) is 5.02 Å². The highest BCUT2D eigenvalue weighted by Gasteiger charge is 2.29. The highest BCUT2D eigenvalue weighted by molar-refractivity contribution is 6.31. The van der Waals surface area contributed by atoms with Gasteiger partial charge in [-0.3, -0.25) is 9.78 Å². The quantitative estimate of drug-likeness (QED) is 0.786. The van der Waals surface area contributed by atoms with Crippen LogP contribution in [0.4, 0.5) is 0 Å². The fraction of sp³-hybridized carbons (Fsp3) is 0.250. The number of hydrogen-bond donors (Lipinski definition) is 0. The van der Waals surface area contributed by atoms with Crippen molar-refractivity contribution in [2.24, 2.45) is 0 Å². The van der Waals surface area contributed by atoms with Crippen LogP contribution < -0.4 is 0 Å². The van der Waals surface area contributed by atoms with Gasteiger partial charge < -0.3 is 0 Å². The molecular weight excluding hydrogens is 258 g/mol. The fourth-order valence-corrected chi connectivity index (χ4v) is 3.10. The van der Waals surface area contributed by atoms with Crippen LogP contribution in [-0.2, 0) is 6.42 Å². The summed E-state index contributed by atoms with van der Waals surface area (Å²) in [6.07, 6.45) is 3.08. The average Bonchev–Trinajstić information content (AvgIpc) is 2.39. The first-order valence-electron chi connectivity index (χ1n) is 6.39. The number of fused-ring (bicyclic) bond motifs is 1. The lowest BCUT2D eigenvalue weighted by molar-refractivity contribution is 0.0962. The summed E-state index contributed by atoms with van der Waals surface area (Å²) in [7, 11) is 0. The third-order valence-electron chi connectivity index (χ3n) is 3.73. The van der Waals surface area contributed by atoms with Gasteiger partial charge in [-0.15, -0.1) is 0 Å². The highest BCUT2D eigenvalue weighted by Crippen LogP contribution is 2.35. The van der Waals surface area contributed by atoms with E-state index in [1.54, 1.807) is 6.20 Å². The minimum Gasteiger partial charge on any atom is -0.294 e. The molecule has 2 aromatic rings. The topological polar surface area (TPSA) is 30.0 Å². The summed E-state index contributed by atoms with van der Waals surface area (Å²) >= 11 is 6.23. The van der Waals surface area contributed by atoms with Gasteiger partial charge in [0.1, 0.15) is 0 Å². The smallest absolute Gasteiger partial charge is 0.165 e. The first-order valence-corrected chi connectivity index (χ1v) is 6.76. The summed E-state index contributed by atoms with van der Waals surface area (Å²) in [5.41, 5.74) is 3.78. The van der Waals surface area contributed by atoms with Crippen LogP contribution in [0.15, 0.2) is 36.5 Å². The number of pyridine rings is 1. The van der Waals surface area contributed by atoms with E-state index in [9.17, 15) is 4.79 Å². The van der Waals surface area contributed by atoms with E-state index in [0.717, 1.165) is 33.8 Å². The molecule has 0 saturated heterocycles. The number of hydrogen-bond acceptors (Lipinski definition) is 2. The standard InChI is InChI=1S/C16H14ClNO/c1-10-6-7-18-14-8-11(9-15(19)16(10)14)12-4-2-3-5-13(12)17/h2-7,11H,8-9H2,1H3/t11-/m1/s1. The lowest BCUT2D eigenvalue weighted by atomic mass is 9.80. The molecule has 96 valence electrons. The Bertz CT molecular complexity index is 651. The molecule has 2 nitrogen and oxygen atoms in total. The summed E-state index contributed by atoms with van der Waals surface area (Å²) in [6, 6.07) is 9.64. The Hall–Kier alpha value is -1.67. The minimum absolute atomic E-state index is 0.142. The van der Waals surface area contributed by atoms with Crippen LogP contribution in [0.25, 0.3) is 0 Å². The monoisotopic (exact) mass is 271 g/mol. The summed E-state index contributed by atoms with van der Waals surface area (Å²) < 4.78 is 0. The van der Waals surface area contributed by atoms with Crippen LogP contribution in [0.5, 0.6) is 0 Å². The van der Waals surface area contributed by atoms with Gasteiger partial charge in [0.2, 0.25) is 0 Å². The van der Waals surface area contributed by atoms with Gasteiger partial charge in [0, 0.05) is 23.2 Å². The van der Waals surface area contributed by atoms with Crippen molar-refractivity contribution in [2.75, 3.05) is 0 Å². The van der Waals surface area contributed by atoms with Crippen LogP contribution in [0, 0.1) is 6.92 Å². The molecule has 1 aliphatic rings. The van der Waals surface area contributed by atoms with E-state index in [0.29, 0.717) is 6.42 Å². The van der Waals surface area contributed by atoms with Gasteiger partial charge in [0.05, 0.1) is 5.69 Å². The molecule has 3 heteroatoms. The number of carbonyl (C=O) groups excluding carboxylic acids is 1. The average molecular weight is 272 g/mol. The molecule has 0 saturated carbocycles. The fourth-order valence-electron chi connectivity index (χ4n) is 2.81. The molecule has 0 aliphatic heterocycles. The van der Waals surface area contributed by atoms with Gasteiger partial charge in [-0.25, -0.2) is 0 Å². The third kappa shape index (κ3) is 2.17. The normalized spacial score (nSPS) is 18.2. The Morgan fingerprint density at radius 1 is 1.21 bits per heavy atom. The summed E-state index contributed by atoms with van der Waals surface area (Å²) in [6.45, 7) is 1.97. The molecule has 0 amide bonds. The molecule has 0 fully saturated rings. The number of ketones is 1. The highest BCUT2D eigenvalue weighted by atomic mass is 35.5. The van der Waals surface area contributed by atoms with Crippen molar-refractivity contribution in [3.05, 3.63) is 63.9 Å². The molecule has 1 aliphatic carbocycles. The Labute approximate surface area is 117 Å². The van der Waals surface area contributed by atoms with Crippen molar-refractivity contribution in [1.82, 2.24) is 4.98 Å². The molecule has 19 heavy (non-hydrogen) atoms. The van der Waals surface area contributed by atoms with E-state index in [1.165, 1.54) is 0 Å². The molecule has 0 unspecified atom stereocenters. The van der Waals surface area contributed by atoms with E-state index in [2.05, 4.69) is 4.98 Å². The number of rotatable bonds is 1. The van der Waals surface area contributed by atoms with Crippen molar-refractivity contribution in [3.8, 4) is 0 Å². The third-order valence-corrected chi connectivity index (χ3v) is 4.08. The molecular formula is C16H14ClNO. The molecule has 3 rings (SSSR count). The Balaban J connectivity index is 2.03. The van der Waals surface area contributed by atoms with Gasteiger partial charge in [0.15, 0.2) is 5.78 Å². The second-order valence-corrected chi connectivity index (χ2v) is 5.41. The molecule has 0 spiro atoms. The number of nitrogens with zero attached hydrogens (tertiary/aromatic N) is 1. The summed E-state index contributed by atoms with van der Waals surface area (Å²) in [5, 5.41) is 0.733. The SMILES string of the molecule is Cc1ccnc2c1C(=O)C[C@H](c1ccccc1Cl)C2. The number of Topliss-reactive ketones (excluding diaryl/α,β-unsaturated/α-hetero) is 1. The molecule has 0 bridgehead atoms. The van der Waals surface area contributed by atoms with Crippen molar-refractivity contribution in [3.63, 3.8) is 0 Å². The Morgan fingerprint density at radius 2 is 2.00 bits per heavy atom. The molecule has 0 radical (unpaired) electrons. The van der Waals surface area contributed by atoms with Crippen LogP contribution in [0.3, 0.4) is 0 Å². The van der Waals surface area contributed by atoms with E-state index >= 15 is 0 Å². The Morgan fingerprint density at radius 3 is 2.79 bits per heavy atom. The van der Waals surface area contributed by atoms with Crippen molar-refractivity contribution in [1.29, 1.82) is 0 Å². The number of benzene rings is 1. The first kappa shape index (κ1) is 12.4. The summed E-state index contributed by atoms with van der Waals surface area (Å²) in [4.78, 5) is 16.7. The second-order valence-electron chi connectivity index (χ2n) is 5.00. The lowest BCUT2D eigenvalue weighted by Crippen LogP contribution is -2.21. The molecule has 1 atom stereocenters. The molecule has 0 N–H and O–H groups in total. The maximum Gasteiger partial charge on any atom is 0.165 e. The summed E-state index contributed by atoms with van der Waals surface area (Å²) in [5.74, 6) is 0.319. The zero-order chi connectivity index (χ0) is 13.4. The molecule has 1 aromatic heterocycles. The first-order chi connectivity index (χ1) is 9.16. The number of aromatic nitrogens is 1. The largest absolute Gasteiger partial charge is 0.294 e. The van der Waals surface area contributed by atoms with E-state index in [4.69, 9.17) is 11.6 Å². The van der Waals surface area contributed by atoms with Crippen molar-refractivity contribution in [2.45, 2.75) is 25.7 Å². The van der Waals surface area contributed by atoms with Gasteiger partial charge in [-0.2, -0.15) is 0 Å². The molecule has 1 aromatic carbocycles. The van der Waals surface area contributed by atoms with Crippen LogP contribution in [-0.4, -0.2) is 10.8 Å². The number of carbonyl (C=O) groups is 1. The maximum absolute atomic E-state index is 12.3. The maximum atomic E-state index is 12.3. The van der Waals surface area contributed by atoms with Crippen LogP contribution in [0.1, 0.15) is 39.5 Å². The van der Waals surface area contributed by atoms with Crippen molar-refractivity contribution >= 4 is 17.4 Å². The van der Waals surface area contributed by atoms with E-state index in [-0.39, 0.29) is 11.7 Å². The van der Waals surface area contributed by atoms with Gasteiger partial charge >= 0.3 is 0 Å². The zero-order valence-electron chi connectivity index (χ0n) is 10.7. The zero-order valence-corrected chi connectivity index (χ0v) is 11.4. The predicted octanol–water partition coefficient (Wildman–Crippen LogP) is 3.96.